The number of ketones is 1. The molecule has 0 bridgehead atoms. The highest BCUT2D eigenvalue weighted by atomic mass is 19.4. The van der Waals surface area contributed by atoms with Crippen LogP contribution in [0.5, 0.6) is 0 Å². The molecule has 9 nitrogen and oxygen atoms in total. The van der Waals surface area contributed by atoms with Crippen molar-refractivity contribution in [3.63, 3.8) is 0 Å². The fourth-order valence-corrected chi connectivity index (χ4v) is 3.14. The van der Waals surface area contributed by atoms with Gasteiger partial charge in [-0.05, 0) is 17.7 Å². The number of nitrogens with one attached hydrogen (secondary N) is 2. The molecule has 1 fully saturated rings. The molecule has 1 aromatic heterocycles. The first-order valence-electron chi connectivity index (χ1n) is 8.11. The minimum absolute atomic E-state index is 0.154. The number of carbonyl (C=O) groups excluding carboxylic acids is 2. The number of urea groups is 1. The molecule has 152 valence electrons. The number of Topliss-reactive ketones (excluding diaryl/α,β-unsaturated/α-hetero) is 1. The topological polar surface area (TPSA) is 134 Å². The summed E-state index contributed by atoms with van der Waals surface area (Å²) >= 11 is 0. The number of carbonyl (C=O) groups is 2. The second-order valence-electron chi connectivity index (χ2n) is 6.28. The molecule has 2 heterocycles. The number of aliphatic hydroxyl groups is 1. The van der Waals surface area contributed by atoms with Gasteiger partial charge >= 0.3 is 12.2 Å². The molecule has 3 atom stereocenters. The van der Waals surface area contributed by atoms with Crippen molar-refractivity contribution in [2.24, 2.45) is 5.92 Å². The molecule has 1 aromatic carbocycles. The van der Waals surface area contributed by atoms with E-state index < -0.39 is 46.3 Å². The molecule has 3 N–H and O–H groups in total. The van der Waals surface area contributed by atoms with Gasteiger partial charge in [0.05, 0.1) is 11.0 Å². The van der Waals surface area contributed by atoms with Crippen LogP contribution in [0.2, 0.25) is 0 Å². The van der Waals surface area contributed by atoms with E-state index in [2.05, 4.69) is 10.3 Å². The molecular weight excluding hydrogens is 397 g/mol. The van der Waals surface area contributed by atoms with E-state index in [1.165, 1.54) is 35.8 Å². The summed E-state index contributed by atoms with van der Waals surface area (Å²) in [5.74, 6) is -3.45. The SMILES string of the molecule is O=C1N[C@@H](c2cccc([N+](=O)[O-])c2)[C@@H](C(=O)c2cccnc2)[C@](O)(C(F)(F)F)N1. The number of nitro groups is 1. The third-order valence-electron chi connectivity index (χ3n) is 4.47. The van der Waals surface area contributed by atoms with Crippen molar-refractivity contribution in [2.45, 2.75) is 17.9 Å². The van der Waals surface area contributed by atoms with Crippen molar-refractivity contribution >= 4 is 17.5 Å². The number of nitro benzene ring substituents is 1. The van der Waals surface area contributed by atoms with E-state index in [1.54, 1.807) is 0 Å². The maximum atomic E-state index is 13.8. The summed E-state index contributed by atoms with van der Waals surface area (Å²) in [7, 11) is 0. The predicted molar refractivity (Wildman–Crippen MR) is 90.6 cm³/mol. The van der Waals surface area contributed by atoms with E-state index in [9.17, 15) is 38.0 Å². The molecule has 2 aromatic rings. The van der Waals surface area contributed by atoms with E-state index in [1.807, 2.05) is 0 Å². The van der Waals surface area contributed by atoms with Crippen molar-refractivity contribution in [1.82, 2.24) is 15.6 Å². The van der Waals surface area contributed by atoms with Crippen molar-refractivity contribution < 1.29 is 32.8 Å². The average Bonchev–Trinajstić information content (AvgIpc) is 2.67. The lowest BCUT2D eigenvalue weighted by Crippen LogP contribution is -2.72. The summed E-state index contributed by atoms with van der Waals surface area (Å²) < 4.78 is 41.3. The van der Waals surface area contributed by atoms with Crippen molar-refractivity contribution in [2.75, 3.05) is 0 Å². The highest BCUT2D eigenvalue weighted by molar-refractivity contribution is 6.00. The molecule has 3 rings (SSSR count). The highest BCUT2D eigenvalue weighted by Crippen LogP contribution is 2.44. The smallest absolute Gasteiger partial charge is 0.363 e. The summed E-state index contributed by atoms with van der Waals surface area (Å²) in [5.41, 5.74) is -4.77. The van der Waals surface area contributed by atoms with Crippen LogP contribution in [0, 0.1) is 16.0 Å². The van der Waals surface area contributed by atoms with Crippen LogP contribution in [0.3, 0.4) is 0 Å². The van der Waals surface area contributed by atoms with E-state index >= 15 is 0 Å². The number of amides is 2. The maximum absolute atomic E-state index is 13.8. The van der Waals surface area contributed by atoms with Crippen molar-refractivity contribution in [3.8, 4) is 0 Å². The number of aromatic nitrogens is 1. The van der Waals surface area contributed by atoms with Crippen LogP contribution in [0.25, 0.3) is 0 Å². The predicted octanol–water partition coefficient (Wildman–Crippen LogP) is 2.09. The third-order valence-corrected chi connectivity index (χ3v) is 4.47. The first kappa shape index (κ1) is 20.2. The Kier molecular flexibility index (Phi) is 4.96. The molecule has 0 aliphatic carbocycles. The zero-order valence-corrected chi connectivity index (χ0v) is 14.4. The molecule has 2 amide bonds. The number of non-ortho nitro benzene ring substituents is 1. The van der Waals surface area contributed by atoms with Crippen LogP contribution >= 0.6 is 0 Å². The fourth-order valence-electron chi connectivity index (χ4n) is 3.14. The number of hydrogen-bond donors (Lipinski definition) is 3. The van der Waals surface area contributed by atoms with Gasteiger partial charge in [-0.2, -0.15) is 13.2 Å². The Morgan fingerprint density at radius 3 is 2.59 bits per heavy atom. The molecular formula is C17H13F3N4O5. The van der Waals surface area contributed by atoms with Gasteiger partial charge in [0, 0.05) is 30.1 Å². The summed E-state index contributed by atoms with van der Waals surface area (Å²) in [5, 5.41) is 25.0. The molecule has 29 heavy (non-hydrogen) atoms. The quantitative estimate of drug-likeness (QED) is 0.401. The third kappa shape index (κ3) is 3.61. The number of hydrogen-bond acceptors (Lipinski definition) is 6. The molecule has 0 spiro atoms. The Morgan fingerprint density at radius 1 is 1.28 bits per heavy atom. The minimum Gasteiger partial charge on any atom is -0.363 e. The second kappa shape index (κ2) is 7.13. The molecule has 0 radical (unpaired) electrons. The molecule has 1 aliphatic heterocycles. The van der Waals surface area contributed by atoms with Crippen LogP contribution < -0.4 is 10.6 Å². The van der Waals surface area contributed by atoms with Gasteiger partial charge in [-0.25, -0.2) is 4.79 Å². The van der Waals surface area contributed by atoms with Gasteiger partial charge in [-0.3, -0.25) is 19.9 Å². The summed E-state index contributed by atoms with van der Waals surface area (Å²) in [4.78, 5) is 38.8. The van der Waals surface area contributed by atoms with Crippen LogP contribution in [-0.2, 0) is 0 Å². The number of nitrogens with zero attached hydrogens (tertiary/aromatic N) is 2. The van der Waals surface area contributed by atoms with Gasteiger partial charge < -0.3 is 15.7 Å². The number of benzene rings is 1. The second-order valence-corrected chi connectivity index (χ2v) is 6.28. The Hall–Kier alpha value is -3.54. The van der Waals surface area contributed by atoms with E-state index in [0.29, 0.717) is 0 Å². The van der Waals surface area contributed by atoms with E-state index in [-0.39, 0.29) is 11.1 Å². The highest BCUT2D eigenvalue weighted by Gasteiger charge is 2.66. The molecule has 1 aliphatic rings. The lowest BCUT2D eigenvalue weighted by Gasteiger charge is -2.45. The standard InChI is InChI=1S/C17H13F3N4O5/c18-17(19,20)16(27)12(14(25)10-4-2-6-21-8-10)13(22-15(26)23-16)9-3-1-5-11(7-9)24(28)29/h1-8,12-13,27H,(H2,22,23,26)/t12-,13-,16-/m0/s1. The van der Waals surface area contributed by atoms with E-state index in [4.69, 9.17) is 0 Å². The largest absolute Gasteiger partial charge is 0.437 e. The zero-order chi connectivity index (χ0) is 21.4. The first-order valence-corrected chi connectivity index (χ1v) is 8.11. The van der Waals surface area contributed by atoms with Gasteiger partial charge in [-0.1, -0.05) is 12.1 Å². The Balaban J connectivity index is 2.18. The monoisotopic (exact) mass is 410 g/mol. The maximum Gasteiger partial charge on any atom is 0.437 e. The Bertz CT molecular complexity index is 969. The zero-order valence-electron chi connectivity index (χ0n) is 14.4. The molecule has 1 saturated heterocycles. The lowest BCUT2D eigenvalue weighted by molar-refractivity contribution is -0.385. The normalized spacial score (nSPS) is 24.3. The Labute approximate surface area is 160 Å². The van der Waals surface area contributed by atoms with Crippen molar-refractivity contribution in [1.29, 1.82) is 0 Å². The summed E-state index contributed by atoms with van der Waals surface area (Å²) in [6.07, 6.45) is -3.11. The molecule has 0 unspecified atom stereocenters. The van der Waals surface area contributed by atoms with Crippen molar-refractivity contribution in [3.05, 3.63) is 70.0 Å². The number of alkyl halides is 3. The van der Waals surface area contributed by atoms with Gasteiger partial charge in [-0.15, -0.1) is 0 Å². The fraction of sp³-hybridized carbons (Fsp3) is 0.235. The number of pyridine rings is 1. The first-order chi connectivity index (χ1) is 13.5. The number of halogens is 3. The van der Waals surface area contributed by atoms with Crippen LogP contribution in [-0.4, -0.2) is 38.7 Å². The Morgan fingerprint density at radius 2 is 2.00 bits per heavy atom. The van der Waals surface area contributed by atoms with Crippen LogP contribution in [0.1, 0.15) is 22.0 Å². The molecule has 0 saturated carbocycles. The van der Waals surface area contributed by atoms with E-state index in [0.717, 1.165) is 18.3 Å². The average molecular weight is 410 g/mol. The summed E-state index contributed by atoms with van der Waals surface area (Å²) in [6.45, 7) is 0. The van der Waals surface area contributed by atoms with Gasteiger partial charge in [0.15, 0.2) is 5.78 Å². The summed E-state index contributed by atoms with van der Waals surface area (Å²) in [6, 6.07) is 3.85. The van der Waals surface area contributed by atoms with Gasteiger partial charge in [0.25, 0.3) is 5.69 Å². The van der Waals surface area contributed by atoms with Gasteiger partial charge in [0.1, 0.15) is 5.92 Å². The van der Waals surface area contributed by atoms with Crippen LogP contribution in [0.15, 0.2) is 48.8 Å². The van der Waals surface area contributed by atoms with Crippen LogP contribution in [0.4, 0.5) is 23.7 Å². The lowest BCUT2D eigenvalue weighted by atomic mass is 9.77. The van der Waals surface area contributed by atoms with Gasteiger partial charge in [0.2, 0.25) is 5.72 Å². The molecule has 12 heteroatoms. The minimum atomic E-state index is -5.42. The number of rotatable bonds is 4.